The number of hydrogen-bond acceptors (Lipinski definition) is 7. The fourth-order valence-corrected chi connectivity index (χ4v) is 2.10. The summed E-state index contributed by atoms with van der Waals surface area (Å²) in [6.45, 7) is 0. The Hall–Kier alpha value is -3.20. The second-order valence-electron chi connectivity index (χ2n) is 4.53. The summed E-state index contributed by atoms with van der Waals surface area (Å²) in [6, 6.07) is 8.07. The van der Waals surface area contributed by atoms with Crippen molar-refractivity contribution in [2.45, 2.75) is 0 Å². The van der Waals surface area contributed by atoms with Gasteiger partial charge in [-0.25, -0.2) is 0 Å². The zero-order chi connectivity index (χ0) is 17.9. The predicted octanol–water partition coefficient (Wildman–Crippen LogP) is 3.63. The molecule has 2 rings (SSSR count). The van der Waals surface area contributed by atoms with Crippen molar-refractivity contribution in [2.75, 3.05) is 12.4 Å². The monoisotopic (exact) mass is 351 g/mol. The highest BCUT2D eigenvalue weighted by Crippen LogP contribution is 2.38. The first kappa shape index (κ1) is 17.2. The standard InChI is InChI=1S/C14H10ClN3O6/c1-24-10-4-2-3-9(7-10)16-13-11(17(20)21)5-8(14(15)19)6-12(13)18(22)23/h2-7,16H,1H3. The highest BCUT2D eigenvalue weighted by molar-refractivity contribution is 6.67. The van der Waals surface area contributed by atoms with Crippen LogP contribution in [0.5, 0.6) is 5.75 Å². The normalized spacial score (nSPS) is 10.1. The molecule has 0 unspecified atom stereocenters. The Bertz CT molecular complexity index is 804. The van der Waals surface area contributed by atoms with E-state index in [1.165, 1.54) is 13.2 Å². The maximum atomic E-state index is 11.2. The number of nitro benzene ring substituents is 2. The first-order valence-electron chi connectivity index (χ1n) is 6.41. The third-order valence-electron chi connectivity index (χ3n) is 3.06. The van der Waals surface area contributed by atoms with E-state index in [0.29, 0.717) is 11.4 Å². The molecule has 2 aromatic rings. The van der Waals surface area contributed by atoms with Crippen molar-refractivity contribution in [1.29, 1.82) is 0 Å². The number of benzene rings is 2. The molecule has 0 amide bonds. The molecule has 0 radical (unpaired) electrons. The van der Waals surface area contributed by atoms with Gasteiger partial charge in [0.2, 0.25) is 0 Å². The molecule has 0 saturated carbocycles. The molecule has 0 atom stereocenters. The van der Waals surface area contributed by atoms with Crippen molar-refractivity contribution >= 4 is 39.6 Å². The quantitative estimate of drug-likeness (QED) is 0.478. The average Bonchev–Trinajstić information content (AvgIpc) is 2.54. The van der Waals surface area contributed by atoms with Crippen LogP contribution >= 0.6 is 11.6 Å². The lowest BCUT2D eigenvalue weighted by Gasteiger charge is -2.10. The number of nitro groups is 2. The molecule has 0 spiro atoms. The maximum absolute atomic E-state index is 11.2. The van der Waals surface area contributed by atoms with E-state index in [9.17, 15) is 25.0 Å². The van der Waals surface area contributed by atoms with Gasteiger partial charge in [0, 0.05) is 29.4 Å². The van der Waals surface area contributed by atoms with Gasteiger partial charge in [-0.15, -0.1) is 0 Å². The molecule has 24 heavy (non-hydrogen) atoms. The molecule has 10 heteroatoms. The van der Waals surface area contributed by atoms with Crippen LogP contribution < -0.4 is 10.1 Å². The van der Waals surface area contributed by atoms with Crippen molar-refractivity contribution in [3.63, 3.8) is 0 Å². The summed E-state index contributed by atoms with van der Waals surface area (Å²) in [5.74, 6) is 0.456. The number of nitrogens with zero attached hydrogens (tertiary/aromatic N) is 2. The van der Waals surface area contributed by atoms with Crippen LogP contribution in [0.2, 0.25) is 0 Å². The van der Waals surface area contributed by atoms with Crippen LogP contribution in [0.25, 0.3) is 0 Å². The maximum Gasteiger partial charge on any atom is 0.300 e. The van der Waals surface area contributed by atoms with Crippen LogP contribution in [0.4, 0.5) is 22.7 Å². The molecule has 0 aliphatic rings. The minimum absolute atomic E-state index is 0.338. The third-order valence-corrected chi connectivity index (χ3v) is 3.27. The van der Waals surface area contributed by atoms with E-state index < -0.39 is 26.5 Å². The molecule has 0 aliphatic heterocycles. The fraction of sp³-hybridized carbons (Fsp3) is 0.0714. The SMILES string of the molecule is COc1cccc(Nc2c([N+](=O)[O-])cc(C(=O)Cl)cc2[N+](=O)[O-])c1. The van der Waals surface area contributed by atoms with Crippen molar-refractivity contribution in [2.24, 2.45) is 0 Å². The number of ether oxygens (including phenoxy) is 1. The van der Waals surface area contributed by atoms with Gasteiger partial charge in [-0.2, -0.15) is 0 Å². The van der Waals surface area contributed by atoms with E-state index in [1.807, 2.05) is 0 Å². The zero-order valence-electron chi connectivity index (χ0n) is 12.2. The molecular formula is C14H10ClN3O6. The second kappa shape index (κ2) is 6.92. The Balaban J connectivity index is 2.63. The van der Waals surface area contributed by atoms with Gasteiger partial charge in [0.1, 0.15) is 5.75 Å². The van der Waals surface area contributed by atoms with Crippen LogP contribution in [-0.4, -0.2) is 22.2 Å². The highest BCUT2D eigenvalue weighted by Gasteiger charge is 2.28. The van der Waals surface area contributed by atoms with Gasteiger partial charge in [-0.1, -0.05) is 6.07 Å². The number of carbonyl (C=O) groups is 1. The molecular weight excluding hydrogens is 342 g/mol. The lowest BCUT2D eigenvalue weighted by atomic mass is 10.1. The van der Waals surface area contributed by atoms with E-state index in [4.69, 9.17) is 16.3 Å². The number of methoxy groups -OCH3 is 1. The van der Waals surface area contributed by atoms with Crippen molar-refractivity contribution in [1.82, 2.24) is 0 Å². The van der Waals surface area contributed by atoms with Gasteiger partial charge >= 0.3 is 11.4 Å². The third kappa shape index (κ3) is 3.58. The first-order chi connectivity index (χ1) is 11.3. The Labute approximate surface area is 140 Å². The van der Waals surface area contributed by atoms with Gasteiger partial charge in [0.25, 0.3) is 5.24 Å². The van der Waals surface area contributed by atoms with Crippen LogP contribution in [0.1, 0.15) is 10.4 Å². The Morgan fingerprint density at radius 2 is 1.71 bits per heavy atom. The number of hydrogen-bond donors (Lipinski definition) is 1. The average molecular weight is 352 g/mol. The van der Waals surface area contributed by atoms with E-state index in [1.54, 1.807) is 18.2 Å². The number of halogens is 1. The zero-order valence-corrected chi connectivity index (χ0v) is 12.9. The summed E-state index contributed by atoms with van der Waals surface area (Å²) >= 11 is 5.29. The molecule has 2 aromatic carbocycles. The molecule has 0 fully saturated rings. The lowest BCUT2D eigenvalue weighted by molar-refractivity contribution is -0.392. The van der Waals surface area contributed by atoms with Crippen molar-refractivity contribution in [3.05, 3.63) is 62.2 Å². The number of nitrogens with one attached hydrogen (secondary N) is 1. The lowest BCUT2D eigenvalue weighted by Crippen LogP contribution is -2.04. The summed E-state index contributed by atoms with van der Waals surface area (Å²) in [4.78, 5) is 32.1. The van der Waals surface area contributed by atoms with E-state index in [2.05, 4.69) is 5.32 Å². The highest BCUT2D eigenvalue weighted by atomic mass is 35.5. The first-order valence-corrected chi connectivity index (χ1v) is 6.79. The molecule has 0 heterocycles. The second-order valence-corrected chi connectivity index (χ2v) is 4.88. The fourth-order valence-electron chi connectivity index (χ4n) is 1.99. The van der Waals surface area contributed by atoms with E-state index in [0.717, 1.165) is 12.1 Å². The van der Waals surface area contributed by atoms with Crippen LogP contribution in [0.3, 0.4) is 0 Å². The Kier molecular flexibility index (Phi) is 4.95. The Morgan fingerprint density at radius 3 is 2.17 bits per heavy atom. The van der Waals surface area contributed by atoms with Crippen LogP contribution in [-0.2, 0) is 0 Å². The molecule has 1 N–H and O–H groups in total. The minimum atomic E-state index is -1.03. The number of carbonyl (C=O) groups excluding carboxylic acids is 1. The summed E-state index contributed by atoms with van der Waals surface area (Å²) in [5, 5.41) is 24.1. The molecule has 0 aromatic heterocycles. The van der Waals surface area contributed by atoms with E-state index in [-0.39, 0.29) is 11.3 Å². The van der Waals surface area contributed by atoms with E-state index >= 15 is 0 Å². The predicted molar refractivity (Wildman–Crippen MR) is 86.2 cm³/mol. The number of rotatable bonds is 6. The van der Waals surface area contributed by atoms with Crippen LogP contribution in [0, 0.1) is 20.2 Å². The van der Waals surface area contributed by atoms with Crippen LogP contribution in [0.15, 0.2) is 36.4 Å². The van der Waals surface area contributed by atoms with Crippen molar-refractivity contribution in [3.8, 4) is 5.75 Å². The molecule has 0 bridgehead atoms. The van der Waals surface area contributed by atoms with Gasteiger partial charge in [0.15, 0.2) is 5.69 Å². The smallest absolute Gasteiger partial charge is 0.300 e. The van der Waals surface area contributed by atoms with Gasteiger partial charge in [-0.05, 0) is 23.7 Å². The van der Waals surface area contributed by atoms with Gasteiger partial charge in [0.05, 0.1) is 17.0 Å². The summed E-state index contributed by atoms with van der Waals surface area (Å²) in [6.07, 6.45) is 0. The molecule has 0 saturated heterocycles. The minimum Gasteiger partial charge on any atom is -0.497 e. The molecule has 124 valence electrons. The topological polar surface area (TPSA) is 125 Å². The molecule has 9 nitrogen and oxygen atoms in total. The Morgan fingerprint density at radius 1 is 1.12 bits per heavy atom. The van der Waals surface area contributed by atoms with Crippen molar-refractivity contribution < 1.29 is 19.4 Å². The summed E-state index contributed by atoms with van der Waals surface area (Å²) < 4.78 is 5.03. The summed E-state index contributed by atoms with van der Waals surface area (Å²) in [7, 11) is 1.44. The largest absolute Gasteiger partial charge is 0.497 e. The van der Waals surface area contributed by atoms with Gasteiger partial charge in [-0.3, -0.25) is 25.0 Å². The number of anilines is 2. The molecule has 0 aliphatic carbocycles. The van der Waals surface area contributed by atoms with Gasteiger partial charge < -0.3 is 10.1 Å². The summed E-state index contributed by atoms with van der Waals surface area (Å²) in [5.41, 5.74) is -1.65.